The Balaban J connectivity index is 1.36. The van der Waals surface area contributed by atoms with Crippen molar-refractivity contribution in [1.29, 1.82) is 0 Å². The van der Waals surface area contributed by atoms with E-state index in [0.29, 0.717) is 12.7 Å². The van der Waals surface area contributed by atoms with E-state index in [-0.39, 0.29) is 5.91 Å². The zero-order chi connectivity index (χ0) is 19.1. The molecule has 0 aromatic heterocycles. The van der Waals surface area contributed by atoms with E-state index < -0.39 is 5.54 Å². The lowest BCUT2D eigenvalue weighted by molar-refractivity contribution is -0.125. The van der Waals surface area contributed by atoms with Crippen LogP contribution in [0.2, 0.25) is 0 Å². The third kappa shape index (κ3) is 2.60. The fraction of sp³-hybridized carbons (Fsp3) is 0.435. The normalized spacial score (nSPS) is 23.7. The van der Waals surface area contributed by atoms with Gasteiger partial charge in [-0.05, 0) is 55.0 Å². The van der Waals surface area contributed by atoms with E-state index in [1.165, 1.54) is 11.1 Å². The van der Waals surface area contributed by atoms with Crippen molar-refractivity contribution in [3.05, 3.63) is 59.7 Å². The molecule has 1 unspecified atom stereocenters. The van der Waals surface area contributed by atoms with Crippen LogP contribution in [0.1, 0.15) is 36.4 Å². The number of hydrogen-bond donors (Lipinski definition) is 1. The number of piperidine rings is 1. The van der Waals surface area contributed by atoms with Crippen LogP contribution in [0.3, 0.4) is 0 Å². The second-order valence-corrected chi connectivity index (χ2v) is 8.08. The molecule has 2 aliphatic heterocycles. The molecule has 1 spiro atoms. The van der Waals surface area contributed by atoms with E-state index in [1.54, 1.807) is 7.11 Å². The molecule has 28 heavy (non-hydrogen) atoms. The Bertz CT molecular complexity index is 875. The zero-order valence-corrected chi connectivity index (χ0v) is 16.4. The molecule has 2 aromatic rings. The van der Waals surface area contributed by atoms with E-state index in [9.17, 15) is 4.79 Å². The van der Waals surface area contributed by atoms with Gasteiger partial charge in [0.25, 0.3) is 0 Å². The minimum absolute atomic E-state index is 0.185. The number of anilines is 1. The van der Waals surface area contributed by atoms with E-state index in [0.717, 1.165) is 50.2 Å². The molecule has 1 N–H and O–H groups in total. The number of methoxy groups -OCH3 is 1. The Morgan fingerprint density at radius 2 is 1.86 bits per heavy atom. The number of amides is 1. The van der Waals surface area contributed by atoms with Crippen LogP contribution in [0.5, 0.6) is 5.75 Å². The largest absolute Gasteiger partial charge is 0.496 e. The van der Waals surface area contributed by atoms with Gasteiger partial charge in [-0.2, -0.15) is 0 Å². The van der Waals surface area contributed by atoms with Crippen LogP contribution in [-0.4, -0.2) is 43.2 Å². The summed E-state index contributed by atoms with van der Waals surface area (Å²) in [7, 11) is 1.75. The molecule has 2 fully saturated rings. The molecule has 0 saturated carbocycles. The number of rotatable bonds is 3. The molecule has 2 saturated heterocycles. The van der Waals surface area contributed by atoms with Gasteiger partial charge in [0.15, 0.2) is 0 Å². The number of likely N-dealkylation sites (tertiary alicyclic amines) is 1. The summed E-state index contributed by atoms with van der Waals surface area (Å²) in [6.45, 7) is 2.49. The molecular weight excluding hydrogens is 350 g/mol. The molecule has 1 atom stereocenters. The van der Waals surface area contributed by atoms with Gasteiger partial charge in [-0.15, -0.1) is 0 Å². The smallest absolute Gasteiger partial charge is 0.247 e. The summed E-state index contributed by atoms with van der Waals surface area (Å²) in [6, 6.07) is 17.2. The molecule has 1 amide bonds. The van der Waals surface area contributed by atoms with E-state index in [2.05, 4.69) is 45.4 Å². The number of carbonyl (C=O) groups is 1. The Hall–Kier alpha value is -2.53. The van der Waals surface area contributed by atoms with E-state index in [1.807, 2.05) is 18.2 Å². The Labute approximate surface area is 166 Å². The van der Waals surface area contributed by atoms with Crippen molar-refractivity contribution in [3.8, 4) is 5.75 Å². The van der Waals surface area contributed by atoms with Gasteiger partial charge in [0.2, 0.25) is 5.91 Å². The summed E-state index contributed by atoms with van der Waals surface area (Å²) in [6.07, 6.45) is 3.94. The van der Waals surface area contributed by atoms with Gasteiger partial charge in [0.1, 0.15) is 11.3 Å². The Morgan fingerprint density at radius 1 is 1.07 bits per heavy atom. The molecule has 5 nitrogen and oxygen atoms in total. The van der Waals surface area contributed by atoms with Gasteiger partial charge in [0.05, 0.1) is 13.8 Å². The maximum Gasteiger partial charge on any atom is 0.247 e. The third-order valence-corrected chi connectivity index (χ3v) is 6.89. The summed E-state index contributed by atoms with van der Waals surface area (Å²) in [5, 5.41) is 3.10. The van der Waals surface area contributed by atoms with Crippen molar-refractivity contribution in [3.63, 3.8) is 0 Å². The van der Waals surface area contributed by atoms with Crippen LogP contribution in [0.25, 0.3) is 0 Å². The number of benzene rings is 2. The molecule has 146 valence electrons. The minimum Gasteiger partial charge on any atom is -0.496 e. The lowest BCUT2D eigenvalue weighted by Gasteiger charge is -2.45. The standard InChI is InChI=1S/C23H27N3O2/c1-28-21-9-5-8-18-19(21)10-11-20(18)25-14-12-23(13-15-25)22(27)24-16-26(23)17-6-3-2-4-7-17/h2-9,20H,10-16H2,1H3,(H,24,27). The van der Waals surface area contributed by atoms with Gasteiger partial charge >= 0.3 is 0 Å². The Kier molecular flexibility index (Phi) is 4.27. The predicted octanol–water partition coefficient (Wildman–Crippen LogP) is 3.11. The summed E-state index contributed by atoms with van der Waals surface area (Å²) < 4.78 is 5.57. The topological polar surface area (TPSA) is 44.8 Å². The highest BCUT2D eigenvalue weighted by atomic mass is 16.5. The van der Waals surface area contributed by atoms with Crippen LogP contribution in [0.4, 0.5) is 5.69 Å². The second-order valence-electron chi connectivity index (χ2n) is 8.08. The van der Waals surface area contributed by atoms with Crippen LogP contribution in [-0.2, 0) is 11.2 Å². The van der Waals surface area contributed by atoms with Gasteiger partial charge in [-0.1, -0.05) is 30.3 Å². The molecule has 5 rings (SSSR count). The summed E-state index contributed by atoms with van der Waals surface area (Å²) in [4.78, 5) is 17.7. The SMILES string of the molecule is COc1cccc2c1CCC2N1CCC2(CC1)C(=O)NCN2c1ccccc1. The molecule has 0 bridgehead atoms. The predicted molar refractivity (Wildman–Crippen MR) is 110 cm³/mol. The minimum atomic E-state index is -0.409. The fourth-order valence-electron chi connectivity index (χ4n) is 5.41. The lowest BCUT2D eigenvalue weighted by Crippen LogP contribution is -2.56. The lowest BCUT2D eigenvalue weighted by atomic mass is 9.84. The van der Waals surface area contributed by atoms with Crippen molar-refractivity contribution in [1.82, 2.24) is 10.2 Å². The zero-order valence-electron chi connectivity index (χ0n) is 16.4. The number of nitrogens with zero attached hydrogens (tertiary/aromatic N) is 2. The summed E-state index contributed by atoms with van der Waals surface area (Å²) >= 11 is 0. The van der Waals surface area contributed by atoms with Gasteiger partial charge in [-0.25, -0.2) is 0 Å². The number of para-hydroxylation sites is 1. The third-order valence-electron chi connectivity index (χ3n) is 6.89. The summed E-state index contributed by atoms with van der Waals surface area (Å²) in [5.74, 6) is 1.20. The van der Waals surface area contributed by atoms with Crippen molar-refractivity contribution >= 4 is 11.6 Å². The van der Waals surface area contributed by atoms with Crippen molar-refractivity contribution in [2.24, 2.45) is 0 Å². The van der Waals surface area contributed by atoms with Crippen molar-refractivity contribution in [2.75, 3.05) is 31.8 Å². The first kappa shape index (κ1) is 17.6. The maximum atomic E-state index is 12.9. The quantitative estimate of drug-likeness (QED) is 0.893. The first-order chi connectivity index (χ1) is 13.7. The highest BCUT2D eigenvalue weighted by Gasteiger charge is 2.51. The molecule has 5 heteroatoms. The van der Waals surface area contributed by atoms with Crippen LogP contribution >= 0.6 is 0 Å². The molecule has 2 heterocycles. The maximum absolute atomic E-state index is 12.9. The van der Waals surface area contributed by atoms with Crippen LogP contribution < -0.4 is 15.0 Å². The second kappa shape index (κ2) is 6.82. The molecule has 3 aliphatic rings. The number of nitrogens with one attached hydrogen (secondary N) is 1. The number of carbonyl (C=O) groups excluding carboxylic acids is 1. The average Bonchev–Trinajstić information content (AvgIpc) is 3.31. The fourth-order valence-corrected chi connectivity index (χ4v) is 5.41. The number of hydrogen-bond acceptors (Lipinski definition) is 4. The highest BCUT2D eigenvalue weighted by molar-refractivity contribution is 5.93. The van der Waals surface area contributed by atoms with E-state index in [4.69, 9.17) is 4.74 Å². The highest BCUT2D eigenvalue weighted by Crippen LogP contribution is 2.43. The van der Waals surface area contributed by atoms with E-state index >= 15 is 0 Å². The van der Waals surface area contributed by atoms with Gasteiger partial charge in [0, 0.05) is 24.8 Å². The van der Waals surface area contributed by atoms with Crippen molar-refractivity contribution < 1.29 is 9.53 Å². The summed E-state index contributed by atoms with van der Waals surface area (Å²) in [5.41, 5.74) is 3.49. The van der Waals surface area contributed by atoms with Crippen LogP contribution in [0.15, 0.2) is 48.5 Å². The molecular formula is C23H27N3O2. The average molecular weight is 377 g/mol. The van der Waals surface area contributed by atoms with Gasteiger partial charge in [-0.3, -0.25) is 9.69 Å². The molecule has 2 aromatic carbocycles. The number of ether oxygens (including phenoxy) is 1. The van der Waals surface area contributed by atoms with Crippen LogP contribution in [0, 0.1) is 0 Å². The molecule has 1 aliphatic carbocycles. The van der Waals surface area contributed by atoms with Gasteiger partial charge < -0.3 is 15.0 Å². The number of fused-ring (bicyclic) bond motifs is 1. The first-order valence-corrected chi connectivity index (χ1v) is 10.2. The monoisotopic (exact) mass is 377 g/mol. The Morgan fingerprint density at radius 3 is 2.61 bits per heavy atom. The molecule has 0 radical (unpaired) electrons. The first-order valence-electron chi connectivity index (χ1n) is 10.2. The van der Waals surface area contributed by atoms with Crippen molar-refractivity contribution in [2.45, 2.75) is 37.3 Å².